The molecule has 7 heavy (non-hydrogen) atoms. The SMILES string of the molecule is FC(Cl)(Cl)SSCl. The monoisotopic (exact) mass is 200 g/mol. The van der Waals surface area contributed by atoms with Crippen LogP contribution < -0.4 is 0 Å². The maximum atomic E-state index is 11.8. The van der Waals surface area contributed by atoms with Crippen molar-refractivity contribution in [1.29, 1.82) is 0 Å². The van der Waals surface area contributed by atoms with Crippen LogP contribution in [0.2, 0.25) is 0 Å². The van der Waals surface area contributed by atoms with E-state index in [1.165, 1.54) is 0 Å². The predicted molar refractivity (Wildman–Crippen MR) is 36.6 cm³/mol. The normalized spacial score (nSPS) is 12.0. The van der Waals surface area contributed by atoms with Gasteiger partial charge >= 0.3 is 3.92 Å². The van der Waals surface area contributed by atoms with E-state index in [2.05, 4.69) is 0 Å². The Balaban J connectivity index is 3.15. The molecule has 0 amide bonds. The lowest BCUT2D eigenvalue weighted by molar-refractivity contribution is 0.518. The Bertz CT molecular complexity index is 51.4. The van der Waals surface area contributed by atoms with Crippen molar-refractivity contribution < 1.29 is 4.39 Å². The van der Waals surface area contributed by atoms with Crippen molar-refractivity contribution in [3.63, 3.8) is 0 Å². The summed E-state index contributed by atoms with van der Waals surface area (Å²) in [5.41, 5.74) is 0. The molecule has 0 fully saturated rings. The summed E-state index contributed by atoms with van der Waals surface area (Å²) in [5, 5.41) is 0. The molecule has 0 bridgehead atoms. The summed E-state index contributed by atoms with van der Waals surface area (Å²) < 4.78 is 9.52. The van der Waals surface area contributed by atoms with E-state index in [1.54, 1.807) is 0 Å². The summed E-state index contributed by atoms with van der Waals surface area (Å²) in [7, 11) is 6.15. The third kappa shape index (κ3) is 7.50. The third-order valence-electron chi connectivity index (χ3n) is 0.126. The average molecular weight is 202 g/mol. The molecule has 0 saturated heterocycles. The van der Waals surface area contributed by atoms with Gasteiger partial charge in [-0.1, -0.05) is 23.2 Å². The van der Waals surface area contributed by atoms with Gasteiger partial charge in [0.05, 0.1) is 0 Å². The Labute approximate surface area is 63.0 Å². The molecule has 0 unspecified atom stereocenters. The fraction of sp³-hybridized carbons (Fsp3) is 1.00. The lowest BCUT2D eigenvalue weighted by atomic mass is 11.7. The molecular weight excluding hydrogens is 202 g/mol. The maximum Gasteiger partial charge on any atom is 0.315 e. The van der Waals surface area contributed by atoms with Crippen molar-refractivity contribution in [2.75, 3.05) is 0 Å². The zero-order valence-electron chi connectivity index (χ0n) is 2.83. The van der Waals surface area contributed by atoms with Gasteiger partial charge in [-0.15, -0.1) is 0 Å². The van der Waals surface area contributed by atoms with Crippen LogP contribution in [-0.2, 0) is 0 Å². The van der Waals surface area contributed by atoms with Crippen LogP contribution in [0.3, 0.4) is 0 Å². The van der Waals surface area contributed by atoms with E-state index in [1.807, 2.05) is 0 Å². The van der Waals surface area contributed by atoms with Crippen LogP contribution in [-0.4, -0.2) is 3.92 Å². The number of alkyl halides is 3. The minimum atomic E-state index is -2.26. The first-order valence-electron chi connectivity index (χ1n) is 1.09. The molecule has 0 aliphatic heterocycles. The van der Waals surface area contributed by atoms with Gasteiger partial charge < -0.3 is 0 Å². The highest BCUT2D eigenvalue weighted by atomic mass is 35.7. The first-order valence-corrected chi connectivity index (χ1v) is 4.82. The first kappa shape index (κ1) is 8.50. The smallest absolute Gasteiger partial charge is 0.194 e. The van der Waals surface area contributed by atoms with Gasteiger partial charge in [0.15, 0.2) is 0 Å². The van der Waals surface area contributed by atoms with E-state index < -0.39 is 3.92 Å². The van der Waals surface area contributed by atoms with E-state index in [4.69, 9.17) is 33.9 Å². The molecule has 0 heterocycles. The molecule has 0 aliphatic carbocycles. The second-order valence-corrected chi connectivity index (χ2v) is 5.14. The van der Waals surface area contributed by atoms with Crippen molar-refractivity contribution in [2.24, 2.45) is 0 Å². The molecule has 0 aromatic rings. The van der Waals surface area contributed by atoms with Crippen molar-refractivity contribution in [3.05, 3.63) is 0 Å². The molecule has 0 N–H and O–H groups in total. The summed E-state index contributed by atoms with van der Waals surface area (Å²) in [6.07, 6.45) is 0. The topological polar surface area (TPSA) is 0 Å². The maximum absolute atomic E-state index is 11.8. The number of rotatable bonds is 2. The first-order chi connectivity index (χ1) is 3.06. The molecule has 0 aromatic heterocycles. The predicted octanol–water partition coefficient (Wildman–Crippen LogP) is 3.58. The number of halogens is 4. The van der Waals surface area contributed by atoms with E-state index in [-0.39, 0.29) is 0 Å². The summed E-state index contributed by atoms with van der Waals surface area (Å²) in [6.45, 7) is 0. The molecule has 0 atom stereocenters. The quantitative estimate of drug-likeness (QED) is 0.495. The molecular formula is CCl3FS2. The molecule has 6 heteroatoms. The van der Waals surface area contributed by atoms with E-state index in [0.717, 1.165) is 0 Å². The Kier molecular flexibility index (Phi) is 4.26. The third-order valence-corrected chi connectivity index (χ3v) is 2.83. The highest BCUT2D eigenvalue weighted by molar-refractivity contribution is 8.85. The lowest BCUT2D eigenvalue weighted by Crippen LogP contribution is -1.89. The van der Waals surface area contributed by atoms with Gasteiger partial charge in [0.1, 0.15) is 0 Å². The molecule has 44 valence electrons. The van der Waals surface area contributed by atoms with Crippen molar-refractivity contribution >= 4 is 54.7 Å². The van der Waals surface area contributed by atoms with Crippen LogP contribution in [0.4, 0.5) is 4.39 Å². The van der Waals surface area contributed by atoms with Crippen molar-refractivity contribution in [1.82, 2.24) is 0 Å². The van der Waals surface area contributed by atoms with E-state index in [0.29, 0.717) is 20.8 Å². The summed E-state index contributed by atoms with van der Waals surface area (Å²) >= 11 is 9.58. The number of hydrogen-bond acceptors (Lipinski definition) is 2. The molecule has 0 spiro atoms. The van der Waals surface area contributed by atoms with Crippen LogP contribution in [0.1, 0.15) is 0 Å². The minimum absolute atomic E-state index is 0.535. The standard InChI is InChI=1S/CCl3FS2/c2-1(3,5)6-7-4. The Hall–Kier alpha value is 1.50. The van der Waals surface area contributed by atoms with Gasteiger partial charge in [-0.2, -0.15) is 4.39 Å². The summed E-state index contributed by atoms with van der Waals surface area (Å²) in [4.78, 5) is 0. The molecule has 0 aliphatic rings. The van der Waals surface area contributed by atoms with Crippen LogP contribution in [0.25, 0.3) is 0 Å². The summed E-state index contributed by atoms with van der Waals surface area (Å²) in [6, 6.07) is 0. The fourth-order valence-electron chi connectivity index (χ4n) is 0.0357. The highest BCUT2D eigenvalue weighted by Crippen LogP contribution is 2.45. The molecule has 0 aromatic carbocycles. The van der Waals surface area contributed by atoms with E-state index in [9.17, 15) is 4.39 Å². The van der Waals surface area contributed by atoms with Crippen LogP contribution >= 0.6 is 54.7 Å². The second-order valence-electron chi connectivity index (χ2n) is 0.592. The average Bonchev–Trinajstić information content (AvgIpc) is 1.30. The largest absolute Gasteiger partial charge is 0.315 e. The second kappa shape index (κ2) is 3.51. The minimum Gasteiger partial charge on any atom is -0.194 e. The molecule has 0 nitrogen and oxygen atoms in total. The van der Waals surface area contributed by atoms with Gasteiger partial charge in [0, 0.05) is 10.0 Å². The van der Waals surface area contributed by atoms with Crippen LogP contribution in [0.15, 0.2) is 0 Å². The highest BCUT2D eigenvalue weighted by Gasteiger charge is 2.22. The zero-order valence-corrected chi connectivity index (χ0v) is 6.73. The van der Waals surface area contributed by atoms with Gasteiger partial charge in [-0.05, 0) is 21.5 Å². The summed E-state index contributed by atoms with van der Waals surface area (Å²) in [5.74, 6) is 0. The molecule has 0 rings (SSSR count). The molecule has 0 saturated carbocycles. The Morgan fingerprint density at radius 2 is 1.86 bits per heavy atom. The number of hydrogen-bond donors (Lipinski definition) is 0. The van der Waals surface area contributed by atoms with E-state index >= 15 is 0 Å². The van der Waals surface area contributed by atoms with Gasteiger partial charge in [0.25, 0.3) is 0 Å². The van der Waals surface area contributed by atoms with Gasteiger partial charge in [0.2, 0.25) is 0 Å². The van der Waals surface area contributed by atoms with Crippen molar-refractivity contribution in [3.8, 4) is 0 Å². The van der Waals surface area contributed by atoms with Crippen molar-refractivity contribution in [2.45, 2.75) is 3.92 Å². The van der Waals surface area contributed by atoms with Gasteiger partial charge in [-0.25, -0.2) is 0 Å². The van der Waals surface area contributed by atoms with Crippen LogP contribution in [0, 0.1) is 0 Å². The lowest BCUT2D eigenvalue weighted by Gasteiger charge is -2.00. The van der Waals surface area contributed by atoms with Gasteiger partial charge in [-0.3, -0.25) is 0 Å². The zero-order chi connectivity index (χ0) is 5.91. The molecule has 0 radical (unpaired) electrons. The Morgan fingerprint density at radius 3 is 1.86 bits per heavy atom. The fourth-order valence-corrected chi connectivity index (χ4v) is 2.25. The Morgan fingerprint density at radius 1 is 1.43 bits per heavy atom. The van der Waals surface area contributed by atoms with Crippen LogP contribution in [0.5, 0.6) is 0 Å².